The summed E-state index contributed by atoms with van der Waals surface area (Å²) in [5.74, 6) is 1.28. The summed E-state index contributed by atoms with van der Waals surface area (Å²) < 4.78 is 10.9. The Morgan fingerprint density at radius 1 is 1.43 bits per heavy atom. The van der Waals surface area contributed by atoms with Crippen molar-refractivity contribution in [3.63, 3.8) is 0 Å². The molecule has 23 heavy (non-hydrogen) atoms. The van der Waals surface area contributed by atoms with Gasteiger partial charge in [0.2, 0.25) is 5.88 Å². The number of aliphatic hydroxyl groups is 1. The van der Waals surface area contributed by atoms with Gasteiger partial charge < -0.3 is 25.3 Å². The van der Waals surface area contributed by atoms with E-state index in [1.54, 1.807) is 6.20 Å². The second-order valence-electron chi connectivity index (χ2n) is 5.60. The average molecular weight is 311 g/mol. The standard InChI is InChI=1S/C17H17N3O3/c1-22-17-10(7-21)4-9(6-19-17)15-5-12-14(20-15)3-2-11-13(18)8-23-16(11)12/h2-6,13,20-21H,7-8,18H2,1H3. The molecule has 0 saturated heterocycles. The van der Waals surface area contributed by atoms with Crippen LogP contribution in [0.25, 0.3) is 22.2 Å². The van der Waals surface area contributed by atoms with E-state index in [2.05, 4.69) is 9.97 Å². The second kappa shape index (κ2) is 5.26. The number of benzene rings is 1. The summed E-state index contributed by atoms with van der Waals surface area (Å²) in [5.41, 5.74) is 10.5. The molecule has 2 aromatic heterocycles. The maximum absolute atomic E-state index is 9.45. The van der Waals surface area contributed by atoms with Gasteiger partial charge in [0.1, 0.15) is 12.4 Å². The molecule has 0 bridgehead atoms. The van der Waals surface area contributed by atoms with E-state index in [0.717, 1.165) is 33.5 Å². The summed E-state index contributed by atoms with van der Waals surface area (Å²) in [4.78, 5) is 7.61. The Bertz CT molecular complexity index is 888. The summed E-state index contributed by atoms with van der Waals surface area (Å²) >= 11 is 0. The lowest BCUT2D eigenvalue weighted by molar-refractivity contribution is 0.271. The normalized spacial score (nSPS) is 16.4. The van der Waals surface area contributed by atoms with Crippen LogP contribution in [0.2, 0.25) is 0 Å². The van der Waals surface area contributed by atoms with Gasteiger partial charge in [0.15, 0.2) is 0 Å². The number of ether oxygens (including phenoxy) is 2. The smallest absolute Gasteiger partial charge is 0.218 e. The highest BCUT2D eigenvalue weighted by atomic mass is 16.5. The minimum absolute atomic E-state index is 0.0728. The quantitative estimate of drug-likeness (QED) is 0.689. The highest BCUT2D eigenvalue weighted by molar-refractivity contribution is 5.92. The van der Waals surface area contributed by atoms with Gasteiger partial charge >= 0.3 is 0 Å². The van der Waals surface area contributed by atoms with Crippen LogP contribution < -0.4 is 15.2 Å². The van der Waals surface area contributed by atoms with Crippen LogP contribution in [0.3, 0.4) is 0 Å². The van der Waals surface area contributed by atoms with Crippen LogP contribution in [-0.4, -0.2) is 28.8 Å². The molecule has 4 rings (SSSR count). The van der Waals surface area contributed by atoms with Gasteiger partial charge in [-0.15, -0.1) is 0 Å². The van der Waals surface area contributed by atoms with Crippen molar-refractivity contribution in [1.82, 2.24) is 9.97 Å². The average Bonchev–Trinajstić information content (AvgIpc) is 3.17. The number of hydrogen-bond acceptors (Lipinski definition) is 5. The molecule has 118 valence electrons. The lowest BCUT2D eigenvalue weighted by Gasteiger charge is -2.06. The zero-order chi connectivity index (χ0) is 16.0. The molecule has 0 spiro atoms. The van der Waals surface area contributed by atoms with E-state index in [0.29, 0.717) is 18.1 Å². The van der Waals surface area contributed by atoms with E-state index in [1.165, 1.54) is 7.11 Å². The lowest BCUT2D eigenvalue weighted by Crippen LogP contribution is -2.10. The Balaban J connectivity index is 1.84. The van der Waals surface area contributed by atoms with Gasteiger partial charge in [-0.1, -0.05) is 6.07 Å². The number of fused-ring (bicyclic) bond motifs is 3. The van der Waals surface area contributed by atoms with Crippen molar-refractivity contribution in [3.8, 4) is 22.9 Å². The molecular weight excluding hydrogens is 294 g/mol. The first-order valence-electron chi connectivity index (χ1n) is 7.39. The summed E-state index contributed by atoms with van der Waals surface area (Å²) in [6.07, 6.45) is 1.72. The van der Waals surface area contributed by atoms with Gasteiger partial charge in [-0.25, -0.2) is 4.98 Å². The SMILES string of the molecule is COc1ncc(-c2cc3c4c(ccc3[nH]2)C(N)CO4)cc1CO. The molecule has 0 fully saturated rings. The van der Waals surface area contributed by atoms with Crippen molar-refractivity contribution in [2.45, 2.75) is 12.6 Å². The molecule has 1 aliphatic heterocycles. The summed E-state index contributed by atoms with van der Waals surface area (Å²) in [6.45, 7) is 0.380. The maximum Gasteiger partial charge on any atom is 0.218 e. The molecule has 4 N–H and O–H groups in total. The maximum atomic E-state index is 9.45. The monoisotopic (exact) mass is 311 g/mol. The zero-order valence-corrected chi connectivity index (χ0v) is 12.7. The van der Waals surface area contributed by atoms with Crippen molar-refractivity contribution in [3.05, 3.63) is 41.6 Å². The molecule has 0 radical (unpaired) electrons. The number of H-pyrrole nitrogens is 1. The number of aromatic nitrogens is 2. The van der Waals surface area contributed by atoms with Gasteiger partial charge in [0.25, 0.3) is 0 Å². The van der Waals surface area contributed by atoms with Crippen LogP contribution in [0.5, 0.6) is 11.6 Å². The molecule has 0 aliphatic carbocycles. The number of nitrogens with one attached hydrogen (secondary N) is 1. The van der Waals surface area contributed by atoms with E-state index in [-0.39, 0.29) is 12.6 Å². The molecular formula is C17H17N3O3. The Kier molecular flexibility index (Phi) is 3.21. The number of pyridine rings is 1. The number of rotatable bonds is 3. The molecule has 3 heterocycles. The third-order valence-electron chi connectivity index (χ3n) is 4.19. The number of aromatic amines is 1. The summed E-state index contributed by atoms with van der Waals surface area (Å²) in [6, 6.07) is 7.83. The fourth-order valence-corrected chi connectivity index (χ4v) is 3.01. The van der Waals surface area contributed by atoms with Gasteiger partial charge in [-0.05, 0) is 18.2 Å². The Morgan fingerprint density at radius 3 is 3.09 bits per heavy atom. The highest BCUT2D eigenvalue weighted by Gasteiger charge is 2.23. The van der Waals surface area contributed by atoms with E-state index in [4.69, 9.17) is 15.2 Å². The largest absolute Gasteiger partial charge is 0.491 e. The number of aliphatic hydroxyl groups excluding tert-OH is 1. The molecule has 6 nitrogen and oxygen atoms in total. The van der Waals surface area contributed by atoms with Crippen LogP contribution in [0.4, 0.5) is 0 Å². The van der Waals surface area contributed by atoms with Gasteiger partial charge in [-0.3, -0.25) is 0 Å². The predicted molar refractivity (Wildman–Crippen MR) is 86.4 cm³/mol. The van der Waals surface area contributed by atoms with Gasteiger partial charge in [-0.2, -0.15) is 0 Å². The third kappa shape index (κ3) is 2.15. The summed E-state index contributed by atoms with van der Waals surface area (Å²) in [5, 5.41) is 10.5. The van der Waals surface area contributed by atoms with Crippen LogP contribution in [0, 0.1) is 0 Å². The van der Waals surface area contributed by atoms with Crippen molar-refractivity contribution < 1.29 is 14.6 Å². The van der Waals surface area contributed by atoms with Crippen molar-refractivity contribution in [2.75, 3.05) is 13.7 Å². The minimum Gasteiger partial charge on any atom is -0.491 e. The van der Waals surface area contributed by atoms with E-state index in [9.17, 15) is 5.11 Å². The van der Waals surface area contributed by atoms with Gasteiger partial charge in [0.05, 0.1) is 19.8 Å². The van der Waals surface area contributed by atoms with Crippen LogP contribution >= 0.6 is 0 Å². The summed E-state index contributed by atoms with van der Waals surface area (Å²) in [7, 11) is 1.54. The molecule has 0 saturated carbocycles. The van der Waals surface area contributed by atoms with Crippen LogP contribution in [0.15, 0.2) is 30.5 Å². The molecule has 1 unspecified atom stereocenters. The molecule has 6 heteroatoms. The van der Waals surface area contributed by atoms with Crippen LogP contribution in [0.1, 0.15) is 17.2 Å². The molecule has 0 amide bonds. The molecule has 1 aliphatic rings. The first-order valence-corrected chi connectivity index (χ1v) is 7.39. The van der Waals surface area contributed by atoms with Crippen LogP contribution in [-0.2, 0) is 6.61 Å². The second-order valence-corrected chi connectivity index (χ2v) is 5.60. The Morgan fingerprint density at radius 2 is 2.30 bits per heavy atom. The highest BCUT2D eigenvalue weighted by Crippen LogP contribution is 2.39. The topological polar surface area (TPSA) is 93.4 Å². The Labute approximate surface area is 132 Å². The third-order valence-corrected chi connectivity index (χ3v) is 4.19. The molecule has 1 aromatic carbocycles. The number of nitrogens with two attached hydrogens (primary N) is 1. The van der Waals surface area contributed by atoms with Crippen molar-refractivity contribution in [2.24, 2.45) is 5.73 Å². The van der Waals surface area contributed by atoms with E-state index >= 15 is 0 Å². The number of hydrogen-bond donors (Lipinski definition) is 3. The predicted octanol–water partition coefficient (Wildman–Crippen LogP) is 2.12. The fourth-order valence-electron chi connectivity index (χ4n) is 3.01. The molecule has 1 atom stereocenters. The fraction of sp³-hybridized carbons (Fsp3) is 0.235. The van der Waals surface area contributed by atoms with Gasteiger partial charge in [0, 0.05) is 39.5 Å². The van der Waals surface area contributed by atoms with E-state index in [1.807, 2.05) is 24.3 Å². The molecule has 3 aromatic rings. The van der Waals surface area contributed by atoms with Crippen molar-refractivity contribution >= 4 is 10.9 Å². The Hall–Kier alpha value is -2.57. The van der Waals surface area contributed by atoms with Crippen molar-refractivity contribution in [1.29, 1.82) is 0 Å². The number of methoxy groups -OCH3 is 1. The zero-order valence-electron chi connectivity index (χ0n) is 12.7. The first-order chi connectivity index (χ1) is 11.2. The van der Waals surface area contributed by atoms with E-state index < -0.39 is 0 Å². The number of nitrogens with zero attached hydrogens (tertiary/aromatic N) is 1. The minimum atomic E-state index is -0.127. The first kappa shape index (κ1) is 14.0. The lowest BCUT2D eigenvalue weighted by atomic mass is 10.1.